The smallest absolute Gasteiger partial charge is 0.392 e. The second-order valence-electron chi connectivity index (χ2n) is 3.82. The van der Waals surface area contributed by atoms with E-state index >= 15 is 0 Å². The van der Waals surface area contributed by atoms with E-state index in [1.807, 2.05) is 12.1 Å². The molecule has 2 aromatic rings. The number of ether oxygens (including phenoxy) is 1. The maximum Gasteiger partial charge on any atom is 0.522 e. The van der Waals surface area contributed by atoms with Crippen molar-refractivity contribution in [2.75, 3.05) is 6.61 Å². The molecule has 98 valence electrons. The lowest BCUT2D eigenvalue weighted by Gasteiger charge is -2.08. The van der Waals surface area contributed by atoms with E-state index in [-0.39, 0.29) is 13.2 Å². The Hall–Kier alpha value is -1.53. The monoisotopic (exact) mass is 259 g/mol. The topological polar surface area (TPSA) is 34.4 Å². The summed E-state index contributed by atoms with van der Waals surface area (Å²) >= 11 is 0. The number of aromatic nitrogens is 1. The molecule has 0 spiro atoms. The maximum absolute atomic E-state index is 11.9. The lowest BCUT2D eigenvalue weighted by atomic mass is 10.2. The average molecular weight is 259 g/mol. The molecule has 0 radical (unpaired) electrons. The first-order chi connectivity index (χ1) is 8.51. The fraction of sp³-hybridized carbons (Fsp3) is 0.333. The van der Waals surface area contributed by atoms with E-state index in [0.29, 0.717) is 5.56 Å². The zero-order valence-corrected chi connectivity index (χ0v) is 9.44. The average Bonchev–Trinajstić information content (AvgIpc) is 2.66. The highest BCUT2D eigenvalue weighted by molar-refractivity contribution is 5.83. The van der Waals surface area contributed by atoms with Crippen LogP contribution in [0.5, 0.6) is 0 Å². The van der Waals surface area contributed by atoms with Crippen LogP contribution in [0, 0.1) is 0 Å². The molecule has 0 aliphatic heterocycles. The van der Waals surface area contributed by atoms with Gasteiger partial charge in [0.2, 0.25) is 0 Å². The minimum Gasteiger partial charge on any atom is -0.392 e. The van der Waals surface area contributed by atoms with Crippen molar-refractivity contribution >= 4 is 10.9 Å². The van der Waals surface area contributed by atoms with Gasteiger partial charge in [-0.05, 0) is 6.07 Å². The molecule has 0 saturated heterocycles. The summed E-state index contributed by atoms with van der Waals surface area (Å²) in [6.45, 7) is -0.513. The number of aliphatic hydroxyl groups is 1. The minimum absolute atomic E-state index is 0.0834. The van der Waals surface area contributed by atoms with E-state index in [1.54, 1.807) is 22.9 Å². The van der Waals surface area contributed by atoms with E-state index in [0.717, 1.165) is 10.9 Å². The summed E-state index contributed by atoms with van der Waals surface area (Å²) in [5.74, 6) is 0. The molecule has 0 amide bonds. The number of halogens is 3. The van der Waals surface area contributed by atoms with Crippen LogP contribution in [0.3, 0.4) is 0 Å². The quantitative estimate of drug-likeness (QED) is 0.916. The van der Waals surface area contributed by atoms with Gasteiger partial charge in [-0.3, -0.25) is 4.74 Å². The number of aliphatic hydroxyl groups excluding tert-OH is 1. The van der Waals surface area contributed by atoms with Gasteiger partial charge in [-0.2, -0.15) is 0 Å². The van der Waals surface area contributed by atoms with Crippen LogP contribution in [0.15, 0.2) is 30.5 Å². The van der Waals surface area contributed by atoms with Crippen molar-refractivity contribution in [3.63, 3.8) is 0 Å². The van der Waals surface area contributed by atoms with Crippen molar-refractivity contribution in [2.24, 2.45) is 0 Å². The summed E-state index contributed by atoms with van der Waals surface area (Å²) in [5.41, 5.74) is 1.48. The first kappa shape index (κ1) is 12.9. The highest BCUT2D eigenvalue weighted by atomic mass is 19.4. The second-order valence-corrected chi connectivity index (χ2v) is 3.82. The highest BCUT2D eigenvalue weighted by Crippen LogP contribution is 2.22. The molecular formula is C12H12F3NO2. The van der Waals surface area contributed by atoms with E-state index < -0.39 is 13.0 Å². The Kier molecular flexibility index (Phi) is 3.58. The van der Waals surface area contributed by atoms with Gasteiger partial charge in [0.1, 0.15) is 0 Å². The lowest BCUT2D eigenvalue weighted by molar-refractivity contribution is -0.325. The van der Waals surface area contributed by atoms with Crippen LogP contribution in [0.2, 0.25) is 0 Å². The van der Waals surface area contributed by atoms with Crippen LogP contribution in [-0.4, -0.2) is 22.6 Å². The van der Waals surface area contributed by atoms with Crippen LogP contribution in [0.1, 0.15) is 5.56 Å². The van der Waals surface area contributed by atoms with Gasteiger partial charge in [-0.1, -0.05) is 18.2 Å². The van der Waals surface area contributed by atoms with Gasteiger partial charge >= 0.3 is 6.36 Å². The largest absolute Gasteiger partial charge is 0.522 e. The Morgan fingerprint density at radius 3 is 2.61 bits per heavy atom. The van der Waals surface area contributed by atoms with Crippen LogP contribution in [-0.2, 0) is 17.9 Å². The Bertz CT molecular complexity index is 534. The van der Waals surface area contributed by atoms with E-state index in [2.05, 4.69) is 4.74 Å². The Balaban J connectivity index is 2.18. The Labute approximate surface area is 101 Å². The van der Waals surface area contributed by atoms with Crippen molar-refractivity contribution in [2.45, 2.75) is 19.5 Å². The molecule has 0 fully saturated rings. The molecular weight excluding hydrogens is 247 g/mol. The summed E-state index contributed by atoms with van der Waals surface area (Å²) in [6.07, 6.45) is -2.97. The summed E-state index contributed by atoms with van der Waals surface area (Å²) in [7, 11) is 0. The second kappa shape index (κ2) is 4.99. The molecule has 18 heavy (non-hydrogen) atoms. The number of benzene rings is 1. The normalized spacial score (nSPS) is 12.2. The summed E-state index contributed by atoms with van der Waals surface area (Å²) in [5, 5.41) is 10.0. The first-order valence-corrected chi connectivity index (χ1v) is 5.39. The van der Waals surface area contributed by atoms with Crippen LogP contribution >= 0.6 is 0 Å². The molecule has 2 rings (SSSR count). The van der Waals surface area contributed by atoms with Gasteiger partial charge in [-0.25, -0.2) is 0 Å². The molecule has 0 unspecified atom stereocenters. The maximum atomic E-state index is 11.9. The molecule has 1 aromatic carbocycles. The lowest BCUT2D eigenvalue weighted by Crippen LogP contribution is -2.17. The van der Waals surface area contributed by atoms with Gasteiger partial charge in [-0.15, -0.1) is 13.2 Å². The fourth-order valence-corrected chi connectivity index (χ4v) is 1.89. The summed E-state index contributed by atoms with van der Waals surface area (Å²) < 4.78 is 41.0. The molecule has 1 N–H and O–H groups in total. The first-order valence-electron chi connectivity index (χ1n) is 5.39. The Morgan fingerprint density at radius 2 is 1.94 bits per heavy atom. The molecule has 6 heteroatoms. The van der Waals surface area contributed by atoms with E-state index in [1.165, 1.54) is 0 Å². The summed E-state index contributed by atoms with van der Waals surface area (Å²) in [4.78, 5) is 0. The third kappa shape index (κ3) is 2.83. The molecule has 1 aromatic heterocycles. The number of hydrogen-bond donors (Lipinski definition) is 1. The van der Waals surface area contributed by atoms with Crippen LogP contribution in [0.4, 0.5) is 13.2 Å². The number of para-hydroxylation sites is 1. The number of nitrogens with zero attached hydrogens (tertiary/aromatic N) is 1. The third-order valence-corrected chi connectivity index (χ3v) is 2.64. The SMILES string of the molecule is OCc1cn(CCOC(F)(F)F)c2ccccc12. The fourth-order valence-electron chi connectivity index (χ4n) is 1.89. The molecule has 0 saturated carbocycles. The van der Waals surface area contributed by atoms with Crippen molar-refractivity contribution < 1.29 is 23.0 Å². The van der Waals surface area contributed by atoms with Crippen LogP contribution < -0.4 is 0 Å². The number of hydrogen-bond acceptors (Lipinski definition) is 2. The molecule has 3 nitrogen and oxygen atoms in total. The number of fused-ring (bicyclic) bond motifs is 1. The predicted octanol–water partition coefficient (Wildman–Crippen LogP) is 2.67. The van der Waals surface area contributed by atoms with Crippen molar-refractivity contribution in [1.29, 1.82) is 0 Å². The summed E-state index contributed by atoms with van der Waals surface area (Å²) in [6, 6.07) is 7.23. The third-order valence-electron chi connectivity index (χ3n) is 2.64. The zero-order valence-electron chi connectivity index (χ0n) is 9.44. The standard InChI is InChI=1S/C12H12F3NO2/c13-12(14,15)18-6-5-16-7-9(8-17)10-3-1-2-4-11(10)16/h1-4,7,17H,5-6,8H2. The van der Waals surface area contributed by atoms with Gasteiger partial charge in [0.05, 0.1) is 13.2 Å². The minimum atomic E-state index is -4.61. The molecule has 0 aliphatic rings. The Morgan fingerprint density at radius 1 is 1.22 bits per heavy atom. The molecule has 0 bridgehead atoms. The van der Waals surface area contributed by atoms with Crippen LogP contribution in [0.25, 0.3) is 10.9 Å². The van der Waals surface area contributed by atoms with Crippen molar-refractivity contribution in [3.8, 4) is 0 Å². The molecule has 0 atom stereocenters. The highest BCUT2D eigenvalue weighted by Gasteiger charge is 2.28. The van der Waals surface area contributed by atoms with E-state index in [4.69, 9.17) is 0 Å². The van der Waals surface area contributed by atoms with Gasteiger partial charge in [0, 0.05) is 29.2 Å². The predicted molar refractivity (Wildman–Crippen MR) is 59.9 cm³/mol. The van der Waals surface area contributed by atoms with Gasteiger partial charge in [0.25, 0.3) is 0 Å². The van der Waals surface area contributed by atoms with Crippen molar-refractivity contribution in [3.05, 3.63) is 36.0 Å². The van der Waals surface area contributed by atoms with Gasteiger partial charge < -0.3 is 9.67 Å². The number of rotatable bonds is 4. The molecule has 1 heterocycles. The zero-order chi connectivity index (χ0) is 13.2. The number of alkyl halides is 3. The van der Waals surface area contributed by atoms with Gasteiger partial charge in [0.15, 0.2) is 0 Å². The molecule has 0 aliphatic carbocycles. The van der Waals surface area contributed by atoms with Crippen molar-refractivity contribution in [1.82, 2.24) is 4.57 Å². The van der Waals surface area contributed by atoms with E-state index in [9.17, 15) is 18.3 Å².